The molecule has 0 fully saturated rings. The van der Waals surface area contributed by atoms with E-state index in [1.807, 2.05) is 24.3 Å². The molecule has 11 heteroatoms. The lowest BCUT2D eigenvalue weighted by Gasteiger charge is -2.35. The number of benzene rings is 3. The van der Waals surface area contributed by atoms with Crippen LogP contribution >= 0.6 is 0 Å². The van der Waals surface area contributed by atoms with Crippen molar-refractivity contribution in [3.8, 4) is 51.7 Å². The lowest BCUT2D eigenvalue weighted by atomic mass is 9.93. The van der Waals surface area contributed by atoms with Crippen LogP contribution in [-0.2, 0) is 11.2 Å². The molecular formula is C50H74O11. The maximum Gasteiger partial charge on any atom is 0.338 e. The van der Waals surface area contributed by atoms with Gasteiger partial charge in [0.25, 0.3) is 0 Å². The standard InChI is InChI=1S/C50H74O11/c1-8-15-22-53-38-33-40(54-23-16-9-2)39-35-46(61-50(52)37-31-42(55-24-17-10-3)47(51)43(32-37)56-25-18-11-4)48(60-41(39)34-38)36-29-44(57-26-19-12-5)49(59-28-21-14-7)45(30-36)58-27-20-13-6/h29-34,46,48,51H,8-28,35H2,1-7H3/t46-,48-/m1/s1. The Morgan fingerprint density at radius 3 is 1.44 bits per heavy atom. The van der Waals surface area contributed by atoms with Gasteiger partial charge in [0.1, 0.15) is 23.4 Å². The molecular weight excluding hydrogens is 777 g/mol. The van der Waals surface area contributed by atoms with E-state index >= 15 is 0 Å². The van der Waals surface area contributed by atoms with Gasteiger partial charge in [0.2, 0.25) is 11.5 Å². The molecule has 0 unspecified atom stereocenters. The van der Waals surface area contributed by atoms with Crippen LogP contribution in [0.25, 0.3) is 0 Å². The SMILES string of the molecule is CCCCOc1cc(OCCCC)c2c(c1)O[C@H](c1cc(OCCCC)c(OCCCC)c(OCCCC)c1)[C@H](OC(=O)c1cc(OCCCC)c(O)c(OCCCC)c1)C2. The second-order valence-corrected chi connectivity index (χ2v) is 15.7. The van der Waals surface area contributed by atoms with Crippen LogP contribution < -0.4 is 37.9 Å². The molecule has 0 radical (unpaired) electrons. The van der Waals surface area contributed by atoms with Crippen LogP contribution in [-0.4, -0.2) is 63.4 Å². The summed E-state index contributed by atoms with van der Waals surface area (Å²) in [6.45, 7) is 18.1. The summed E-state index contributed by atoms with van der Waals surface area (Å²) in [5.41, 5.74) is 1.67. The number of rotatable bonds is 31. The normalized spacial score (nSPS) is 14.4. The Bertz CT molecular complexity index is 1680. The molecule has 61 heavy (non-hydrogen) atoms. The molecule has 0 bridgehead atoms. The fraction of sp³-hybridized carbons (Fsp3) is 0.620. The van der Waals surface area contributed by atoms with Gasteiger partial charge in [0, 0.05) is 29.7 Å². The Morgan fingerprint density at radius 1 is 0.541 bits per heavy atom. The van der Waals surface area contributed by atoms with E-state index in [1.165, 1.54) is 12.1 Å². The van der Waals surface area contributed by atoms with Gasteiger partial charge in [-0.25, -0.2) is 4.79 Å². The van der Waals surface area contributed by atoms with Gasteiger partial charge in [-0.2, -0.15) is 0 Å². The van der Waals surface area contributed by atoms with Gasteiger partial charge in [-0.3, -0.25) is 0 Å². The Kier molecular flexibility index (Phi) is 21.9. The fourth-order valence-corrected chi connectivity index (χ4v) is 6.55. The summed E-state index contributed by atoms with van der Waals surface area (Å²) in [6, 6.07) is 10.7. The van der Waals surface area contributed by atoms with E-state index in [0.29, 0.717) is 86.3 Å². The van der Waals surface area contributed by atoms with E-state index in [-0.39, 0.29) is 29.2 Å². The molecule has 0 amide bonds. The average Bonchev–Trinajstić information content (AvgIpc) is 3.25. The van der Waals surface area contributed by atoms with E-state index in [9.17, 15) is 9.90 Å². The highest BCUT2D eigenvalue weighted by Crippen LogP contribution is 2.48. The van der Waals surface area contributed by atoms with Crippen molar-refractivity contribution >= 4 is 5.97 Å². The first-order valence-electron chi connectivity index (χ1n) is 23.3. The van der Waals surface area contributed by atoms with Crippen molar-refractivity contribution in [1.82, 2.24) is 0 Å². The number of ether oxygens (including phenoxy) is 9. The summed E-state index contributed by atoms with van der Waals surface area (Å²) < 4.78 is 57.4. The minimum atomic E-state index is -0.832. The molecule has 1 N–H and O–H groups in total. The number of phenolic OH excluding ortho intramolecular Hbond substituents is 1. The number of fused-ring (bicyclic) bond motifs is 1. The number of carbonyl (C=O) groups is 1. The lowest BCUT2D eigenvalue weighted by molar-refractivity contribution is -0.0191. The maximum atomic E-state index is 14.5. The Morgan fingerprint density at radius 2 is 0.967 bits per heavy atom. The monoisotopic (exact) mass is 851 g/mol. The number of hydrogen-bond donors (Lipinski definition) is 1. The largest absolute Gasteiger partial charge is 0.502 e. The zero-order chi connectivity index (χ0) is 43.8. The minimum absolute atomic E-state index is 0.144. The molecule has 11 nitrogen and oxygen atoms in total. The second-order valence-electron chi connectivity index (χ2n) is 15.7. The zero-order valence-electron chi connectivity index (χ0n) is 38.2. The van der Waals surface area contributed by atoms with Crippen molar-refractivity contribution < 1.29 is 52.5 Å². The minimum Gasteiger partial charge on any atom is -0.502 e. The fourth-order valence-electron chi connectivity index (χ4n) is 6.55. The van der Waals surface area contributed by atoms with E-state index in [0.717, 1.165) is 95.5 Å². The molecule has 2 atom stereocenters. The van der Waals surface area contributed by atoms with Crippen molar-refractivity contribution in [2.45, 2.75) is 157 Å². The molecule has 3 aromatic rings. The molecule has 0 aliphatic carbocycles. The van der Waals surface area contributed by atoms with Gasteiger partial charge in [0.05, 0.1) is 51.8 Å². The van der Waals surface area contributed by atoms with E-state index < -0.39 is 18.2 Å². The molecule has 1 aliphatic heterocycles. The summed E-state index contributed by atoms with van der Waals surface area (Å²) in [7, 11) is 0. The molecule has 1 heterocycles. The van der Waals surface area contributed by atoms with E-state index in [4.69, 9.17) is 42.6 Å². The first-order chi connectivity index (χ1) is 29.8. The van der Waals surface area contributed by atoms with Gasteiger partial charge >= 0.3 is 5.97 Å². The van der Waals surface area contributed by atoms with Gasteiger partial charge < -0.3 is 47.7 Å². The van der Waals surface area contributed by atoms with Crippen molar-refractivity contribution in [2.75, 3.05) is 46.2 Å². The zero-order valence-corrected chi connectivity index (χ0v) is 38.2. The van der Waals surface area contributed by atoms with Gasteiger partial charge in [-0.15, -0.1) is 0 Å². The van der Waals surface area contributed by atoms with Crippen LogP contribution in [0, 0.1) is 0 Å². The first kappa shape index (κ1) is 49.0. The first-order valence-corrected chi connectivity index (χ1v) is 23.3. The highest BCUT2D eigenvalue weighted by Gasteiger charge is 2.38. The molecule has 3 aromatic carbocycles. The molecule has 0 saturated heterocycles. The highest BCUT2D eigenvalue weighted by molar-refractivity contribution is 5.91. The molecule has 340 valence electrons. The third-order valence-corrected chi connectivity index (χ3v) is 10.3. The van der Waals surface area contributed by atoms with Crippen molar-refractivity contribution in [3.05, 3.63) is 53.1 Å². The third kappa shape index (κ3) is 15.0. The van der Waals surface area contributed by atoms with Crippen LogP contribution in [0.3, 0.4) is 0 Å². The highest BCUT2D eigenvalue weighted by atomic mass is 16.6. The van der Waals surface area contributed by atoms with Crippen molar-refractivity contribution in [1.29, 1.82) is 0 Å². The predicted octanol–water partition coefficient (Wildman–Crippen LogP) is 12.5. The van der Waals surface area contributed by atoms with E-state index in [1.54, 1.807) is 0 Å². The van der Waals surface area contributed by atoms with Crippen molar-refractivity contribution in [3.63, 3.8) is 0 Å². The Hall–Kier alpha value is -4.67. The third-order valence-electron chi connectivity index (χ3n) is 10.3. The lowest BCUT2D eigenvalue weighted by Crippen LogP contribution is -2.35. The number of aromatic hydroxyl groups is 1. The number of phenols is 1. The van der Waals surface area contributed by atoms with Crippen molar-refractivity contribution in [2.24, 2.45) is 0 Å². The van der Waals surface area contributed by atoms with Gasteiger partial charge in [-0.05, 0) is 69.2 Å². The molecule has 0 aromatic heterocycles. The van der Waals surface area contributed by atoms with Crippen LogP contribution in [0.5, 0.6) is 51.7 Å². The quantitative estimate of drug-likeness (QED) is 0.0492. The number of unbranched alkanes of at least 4 members (excludes halogenated alkanes) is 7. The summed E-state index contributed by atoms with van der Waals surface area (Å²) in [4.78, 5) is 14.5. The topological polar surface area (TPSA) is 120 Å². The molecule has 1 aliphatic rings. The summed E-state index contributed by atoms with van der Waals surface area (Å²) in [6.07, 6.45) is 11.3. The van der Waals surface area contributed by atoms with Crippen LogP contribution in [0.1, 0.15) is 166 Å². The van der Waals surface area contributed by atoms with Gasteiger partial charge in [0.15, 0.2) is 29.1 Å². The van der Waals surface area contributed by atoms with Gasteiger partial charge in [-0.1, -0.05) is 93.4 Å². The summed E-state index contributed by atoms with van der Waals surface area (Å²) >= 11 is 0. The van der Waals surface area contributed by atoms with Crippen LogP contribution in [0.15, 0.2) is 36.4 Å². The predicted molar refractivity (Wildman–Crippen MR) is 240 cm³/mol. The maximum absolute atomic E-state index is 14.5. The Balaban J connectivity index is 1.87. The summed E-state index contributed by atoms with van der Waals surface area (Å²) in [5, 5.41) is 11.1. The summed E-state index contributed by atoms with van der Waals surface area (Å²) in [5.74, 6) is 3.10. The molecule has 0 saturated carbocycles. The Labute approximate surface area is 365 Å². The number of hydrogen-bond acceptors (Lipinski definition) is 11. The number of esters is 1. The molecule has 0 spiro atoms. The number of carbonyl (C=O) groups excluding carboxylic acids is 1. The molecule has 4 rings (SSSR count). The van der Waals surface area contributed by atoms with Crippen LogP contribution in [0.2, 0.25) is 0 Å². The van der Waals surface area contributed by atoms with Crippen LogP contribution in [0.4, 0.5) is 0 Å². The smallest absolute Gasteiger partial charge is 0.338 e. The van der Waals surface area contributed by atoms with E-state index in [2.05, 4.69) is 48.5 Å². The average molecular weight is 851 g/mol. The second kappa shape index (κ2) is 27.3.